The Balaban J connectivity index is 1.72. The van der Waals surface area contributed by atoms with Gasteiger partial charge >= 0.3 is 0 Å². The van der Waals surface area contributed by atoms with Crippen molar-refractivity contribution in [3.05, 3.63) is 42.5 Å². The molecule has 2 heterocycles. The summed E-state index contributed by atoms with van der Waals surface area (Å²) in [6.07, 6.45) is 3.02. The molecule has 0 saturated carbocycles. The van der Waals surface area contributed by atoms with Crippen molar-refractivity contribution in [3.8, 4) is 0 Å². The zero-order valence-electron chi connectivity index (χ0n) is 16.0. The molecule has 3 unspecified atom stereocenters. The van der Waals surface area contributed by atoms with Crippen molar-refractivity contribution in [2.45, 2.75) is 40.8 Å². The number of hydrogen-bond donors (Lipinski definition) is 1. The van der Waals surface area contributed by atoms with Gasteiger partial charge in [0.2, 0.25) is 5.78 Å². The quantitative estimate of drug-likeness (QED) is 0.366. The van der Waals surface area contributed by atoms with E-state index in [0.717, 1.165) is 5.56 Å². The van der Waals surface area contributed by atoms with Crippen LogP contribution in [0.2, 0.25) is 0 Å². The number of carbonyl (C=O) groups is 3. The lowest BCUT2D eigenvalue weighted by Gasteiger charge is -2.31. The molecule has 0 aromatic heterocycles. The summed E-state index contributed by atoms with van der Waals surface area (Å²) in [7, 11) is -3.66. The highest BCUT2D eigenvalue weighted by Gasteiger charge is 2.34. The number of ketones is 2. The molecule has 9 heteroatoms. The van der Waals surface area contributed by atoms with Crippen LogP contribution in [0, 0.1) is 0 Å². The standard InChI is InChI=1S/C20H24N2O5S2/c1-2-19(22-9-7-15(24)8-10-22)29(26,27)16-5-3-14(4-6-16)11-18-20(17(25)12-23)21-13-28-18/h2-6,12,18-21H,1,7-11,13H2. The van der Waals surface area contributed by atoms with E-state index in [4.69, 9.17) is 0 Å². The van der Waals surface area contributed by atoms with E-state index in [1.165, 1.54) is 6.08 Å². The Bertz CT molecular complexity index is 888. The first kappa shape index (κ1) is 21.9. The molecule has 3 atom stereocenters. The summed E-state index contributed by atoms with van der Waals surface area (Å²) in [4.78, 5) is 35.9. The van der Waals surface area contributed by atoms with Crippen LogP contribution in [-0.2, 0) is 30.6 Å². The normalized spacial score (nSPS) is 24.2. The monoisotopic (exact) mass is 436 g/mol. The maximum Gasteiger partial charge on any atom is 0.213 e. The summed E-state index contributed by atoms with van der Waals surface area (Å²) >= 11 is 1.57. The molecule has 1 aromatic rings. The molecule has 1 aromatic carbocycles. The lowest BCUT2D eigenvalue weighted by Crippen LogP contribution is -2.44. The number of sulfone groups is 1. The summed E-state index contributed by atoms with van der Waals surface area (Å²) in [5.74, 6) is 0.283. The van der Waals surface area contributed by atoms with Gasteiger partial charge in [-0.15, -0.1) is 18.3 Å². The van der Waals surface area contributed by atoms with Gasteiger partial charge in [0.25, 0.3) is 0 Å². The van der Waals surface area contributed by atoms with Crippen LogP contribution in [0.4, 0.5) is 0 Å². The van der Waals surface area contributed by atoms with Crippen molar-refractivity contribution >= 4 is 39.5 Å². The minimum atomic E-state index is -3.66. The van der Waals surface area contributed by atoms with Crippen molar-refractivity contribution in [1.29, 1.82) is 0 Å². The predicted octanol–water partition coefficient (Wildman–Crippen LogP) is 0.979. The highest BCUT2D eigenvalue weighted by molar-refractivity contribution is 8.00. The van der Waals surface area contributed by atoms with Gasteiger partial charge in [0, 0.05) is 37.1 Å². The molecule has 29 heavy (non-hydrogen) atoms. The van der Waals surface area contributed by atoms with Crippen LogP contribution in [0.25, 0.3) is 0 Å². The molecule has 2 fully saturated rings. The van der Waals surface area contributed by atoms with Crippen LogP contribution in [-0.4, -0.2) is 66.8 Å². The van der Waals surface area contributed by atoms with E-state index in [9.17, 15) is 22.8 Å². The van der Waals surface area contributed by atoms with E-state index < -0.39 is 27.0 Å². The molecule has 0 bridgehead atoms. The fourth-order valence-electron chi connectivity index (χ4n) is 3.69. The molecule has 7 nitrogen and oxygen atoms in total. The van der Waals surface area contributed by atoms with E-state index >= 15 is 0 Å². The first-order chi connectivity index (χ1) is 13.9. The van der Waals surface area contributed by atoms with Crippen LogP contribution in [0.5, 0.6) is 0 Å². The van der Waals surface area contributed by atoms with Gasteiger partial charge in [0.1, 0.15) is 11.2 Å². The highest BCUT2D eigenvalue weighted by Crippen LogP contribution is 2.27. The number of rotatable bonds is 8. The van der Waals surface area contributed by atoms with Gasteiger partial charge in [0.05, 0.1) is 10.9 Å². The molecular weight excluding hydrogens is 412 g/mol. The first-order valence-electron chi connectivity index (χ1n) is 9.42. The van der Waals surface area contributed by atoms with Gasteiger partial charge in [0.15, 0.2) is 16.1 Å². The van der Waals surface area contributed by atoms with Crippen LogP contribution < -0.4 is 5.32 Å². The number of nitrogens with zero attached hydrogens (tertiary/aromatic N) is 1. The van der Waals surface area contributed by atoms with E-state index in [1.54, 1.807) is 40.9 Å². The summed E-state index contributed by atoms with van der Waals surface area (Å²) in [6, 6.07) is 6.12. The lowest BCUT2D eigenvalue weighted by molar-refractivity contribution is -0.131. The molecule has 0 aliphatic carbocycles. The van der Waals surface area contributed by atoms with E-state index in [2.05, 4.69) is 11.9 Å². The largest absolute Gasteiger partial charge is 0.300 e. The Morgan fingerprint density at radius 1 is 1.28 bits per heavy atom. The van der Waals surface area contributed by atoms with E-state index in [0.29, 0.717) is 44.5 Å². The van der Waals surface area contributed by atoms with Gasteiger partial charge in [-0.25, -0.2) is 8.42 Å². The third kappa shape index (κ3) is 4.85. The number of Topliss-reactive ketones (excluding diaryl/α,β-unsaturated/α-hetero) is 2. The predicted molar refractivity (Wildman–Crippen MR) is 111 cm³/mol. The van der Waals surface area contributed by atoms with Crippen LogP contribution in [0.3, 0.4) is 0 Å². The summed E-state index contributed by atoms with van der Waals surface area (Å²) in [5.41, 5.74) is 0.896. The van der Waals surface area contributed by atoms with E-state index in [-0.39, 0.29) is 15.9 Å². The molecule has 2 aliphatic heterocycles. The summed E-state index contributed by atoms with van der Waals surface area (Å²) < 4.78 is 26.2. The molecule has 2 saturated heterocycles. The van der Waals surface area contributed by atoms with E-state index in [1.807, 2.05) is 0 Å². The zero-order chi connectivity index (χ0) is 21.0. The lowest BCUT2D eigenvalue weighted by atomic mass is 10.0. The van der Waals surface area contributed by atoms with Crippen molar-refractivity contribution in [2.24, 2.45) is 0 Å². The SMILES string of the molecule is C=CC(N1CCC(=O)CC1)S(=O)(=O)c1ccc(CC2SCNC2C(=O)C=O)cc1. The topological polar surface area (TPSA) is 101 Å². The minimum Gasteiger partial charge on any atom is -0.300 e. The van der Waals surface area contributed by atoms with Crippen LogP contribution in [0.15, 0.2) is 41.8 Å². The average Bonchev–Trinajstić information content (AvgIpc) is 3.18. The van der Waals surface area contributed by atoms with Gasteiger partial charge in [-0.1, -0.05) is 18.2 Å². The fraction of sp³-hybridized carbons (Fsp3) is 0.450. The van der Waals surface area contributed by atoms with Crippen molar-refractivity contribution in [2.75, 3.05) is 19.0 Å². The van der Waals surface area contributed by atoms with Crippen LogP contribution in [0.1, 0.15) is 18.4 Å². The van der Waals surface area contributed by atoms with Crippen molar-refractivity contribution in [1.82, 2.24) is 10.2 Å². The average molecular weight is 437 g/mol. The van der Waals surface area contributed by atoms with Gasteiger partial charge in [-0.05, 0) is 24.1 Å². The Morgan fingerprint density at radius 3 is 2.52 bits per heavy atom. The molecule has 1 N–H and O–H groups in total. The van der Waals surface area contributed by atoms with Crippen molar-refractivity contribution in [3.63, 3.8) is 0 Å². The van der Waals surface area contributed by atoms with Crippen LogP contribution >= 0.6 is 11.8 Å². The van der Waals surface area contributed by atoms with Gasteiger partial charge in [-0.2, -0.15) is 0 Å². The minimum absolute atomic E-state index is 0.0676. The number of hydrogen-bond acceptors (Lipinski definition) is 8. The maximum atomic E-state index is 13.1. The number of likely N-dealkylation sites (tertiary alicyclic amines) is 1. The number of benzene rings is 1. The molecule has 2 aliphatic rings. The van der Waals surface area contributed by atoms with Crippen molar-refractivity contribution < 1.29 is 22.8 Å². The smallest absolute Gasteiger partial charge is 0.213 e. The Kier molecular flexibility index (Phi) is 7.05. The summed E-state index contributed by atoms with van der Waals surface area (Å²) in [6.45, 7) is 4.51. The molecule has 0 spiro atoms. The molecule has 0 amide bonds. The number of aldehydes is 1. The molecular formula is C20H24N2O5S2. The first-order valence-corrected chi connectivity index (χ1v) is 12.0. The Morgan fingerprint density at radius 2 is 1.93 bits per heavy atom. The number of thioether (sulfide) groups is 1. The van der Waals surface area contributed by atoms with Gasteiger partial charge in [-0.3, -0.25) is 24.6 Å². The second-order valence-electron chi connectivity index (χ2n) is 7.15. The molecule has 3 rings (SSSR count). The number of piperidine rings is 1. The highest BCUT2D eigenvalue weighted by atomic mass is 32.2. The second-order valence-corrected chi connectivity index (χ2v) is 10.4. The number of nitrogens with one attached hydrogen (secondary N) is 1. The third-order valence-electron chi connectivity index (χ3n) is 5.32. The maximum absolute atomic E-state index is 13.1. The van der Waals surface area contributed by atoms with Gasteiger partial charge < -0.3 is 0 Å². The fourth-order valence-corrected chi connectivity index (χ4v) is 6.57. The third-order valence-corrected chi connectivity index (χ3v) is 8.58. The Labute approximate surface area is 174 Å². The molecule has 156 valence electrons. The molecule has 0 radical (unpaired) electrons. The summed E-state index contributed by atoms with van der Waals surface area (Å²) in [5, 5.41) is 2.08. The Hall–Kier alpha value is -1.81. The zero-order valence-corrected chi connectivity index (χ0v) is 17.6. The second kappa shape index (κ2) is 9.34. The number of carbonyl (C=O) groups excluding carboxylic acids is 3.